The van der Waals surface area contributed by atoms with Gasteiger partial charge in [0.15, 0.2) is 0 Å². The lowest BCUT2D eigenvalue weighted by Crippen LogP contribution is -2.23. The summed E-state index contributed by atoms with van der Waals surface area (Å²) in [6.45, 7) is 3.07. The molecule has 0 unspecified atom stereocenters. The molecule has 6 rings (SSSR count). The van der Waals surface area contributed by atoms with Crippen molar-refractivity contribution < 1.29 is 94.8 Å². The molecule has 3 saturated carbocycles. The van der Waals surface area contributed by atoms with Crippen LogP contribution in [0.25, 0.3) is 0 Å². The Morgan fingerprint density at radius 3 is 1.05 bits per heavy atom. The molecule has 0 aliphatic heterocycles. The minimum absolute atomic E-state index is 0.00222. The van der Waals surface area contributed by atoms with Gasteiger partial charge >= 0.3 is 17.9 Å². The highest BCUT2D eigenvalue weighted by Gasteiger charge is 2.43. The number of allylic oxidation sites excluding steroid dienone is 6. The van der Waals surface area contributed by atoms with E-state index < -0.39 is 71.1 Å². The van der Waals surface area contributed by atoms with E-state index in [1.54, 1.807) is 0 Å². The van der Waals surface area contributed by atoms with Gasteiger partial charge in [-0.25, -0.2) is 0 Å². The lowest BCUT2D eigenvalue weighted by Gasteiger charge is -2.23. The number of aliphatic hydroxyl groups is 9. The lowest BCUT2D eigenvalue weighted by atomic mass is 9.85. The van der Waals surface area contributed by atoms with E-state index >= 15 is 0 Å². The summed E-state index contributed by atoms with van der Waals surface area (Å²) in [5.41, 5.74) is 3.63. The number of esters is 2. The highest BCUT2D eigenvalue weighted by molar-refractivity contribution is 9.09. The second-order valence-corrected chi connectivity index (χ2v) is 29.2. The van der Waals surface area contributed by atoms with E-state index in [0.29, 0.717) is 148 Å². The molecule has 0 bridgehead atoms. The third-order valence-electron chi connectivity index (χ3n) is 20.1. The summed E-state index contributed by atoms with van der Waals surface area (Å²) >= 11 is 3.19. The molecule has 3 aromatic rings. The van der Waals surface area contributed by atoms with Gasteiger partial charge in [0.1, 0.15) is 0 Å². The SMILES string of the molecule is CCCCCOC(=O)CCC/C=C\C[C@@H]1[C@@H](CC[C@@H](O)CCc2ccccc2)[C@H](O)C[C@@H]1O.O=C(CCC/C=C\C[C@@H]1[C@@H](CC[C@@H](O)CCc2ccccc2)[C@H](O)C[C@@H]1O)OCCCCO[N+](=O)[O-].O=C(O)CCC/C=C\C[C@@H]1[C@@H](CC[C@@H](O)CCc2ccccc2)[C@H](O)C[C@@H]1O.O=[N+]([O-])OCCCCBr. The Morgan fingerprint density at radius 1 is 0.434 bits per heavy atom. The zero-order valence-electron chi connectivity index (χ0n) is 62.6. The Morgan fingerprint density at radius 2 is 0.736 bits per heavy atom. The van der Waals surface area contributed by atoms with E-state index in [2.05, 4.69) is 81.1 Å². The first-order chi connectivity index (χ1) is 51.1. The van der Waals surface area contributed by atoms with E-state index in [0.717, 1.165) is 76.0 Å². The van der Waals surface area contributed by atoms with Crippen LogP contribution in [0.5, 0.6) is 0 Å². The van der Waals surface area contributed by atoms with Gasteiger partial charge in [-0.1, -0.05) is 163 Å². The van der Waals surface area contributed by atoms with Crippen molar-refractivity contribution in [1.82, 2.24) is 0 Å². The van der Waals surface area contributed by atoms with Crippen LogP contribution in [0.3, 0.4) is 0 Å². The molecule has 0 aromatic heterocycles. The number of unbranched alkanes of at least 4 members (excludes halogenated alkanes) is 7. The van der Waals surface area contributed by atoms with Crippen LogP contribution in [0.4, 0.5) is 0 Å². The molecule has 3 aromatic carbocycles. The summed E-state index contributed by atoms with van der Waals surface area (Å²) in [5, 5.41) is 121. The minimum Gasteiger partial charge on any atom is -0.481 e. The topological polar surface area (TPSA) is 377 Å². The van der Waals surface area contributed by atoms with E-state index in [-0.39, 0.29) is 73.7 Å². The molecule has 0 radical (unpaired) electrons. The van der Waals surface area contributed by atoms with Crippen LogP contribution in [0.15, 0.2) is 127 Å². The molecule has 10 N–H and O–H groups in total. The van der Waals surface area contributed by atoms with Crippen molar-refractivity contribution >= 4 is 33.8 Å². The largest absolute Gasteiger partial charge is 0.481 e. The number of carboxylic acid groups (broad SMARTS) is 1. The zero-order chi connectivity index (χ0) is 77.5. The predicted octanol–water partition coefficient (Wildman–Crippen LogP) is 13.4. The van der Waals surface area contributed by atoms with E-state index in [4.69, 9.17) is 14.6 Å². The fraction of sp³-hybridized carbons (Fsp3) is 0.671. The quantitative estimate of drug-likeness (QED) is 0.00627. The summed E-state index contributed by atoms with van der Waals surface area (Å²) in [5.74, 6) is -1.27. The number of rotatable bonds is 51. The Balaban J connectivity index is 0.000000391. The standard InChI is InChI=1S/C28H44O5.C27H41NO8.C23H34O5.C4H8BrNO3/c1-2-3-11-20-33-28(32)15-10-5-4-9-14-24-25(27(31)21-26(24)30)19-18-23(29)17-16-22-12-7-6-8-13-22;29-22(15-14-21-10-4-3-5-11-21)16-17-24-23(25(30)20-26(24)31)12-6-1-2-7-13-27(32)35-18-8-9-19-36-28(33)34;24-18(13-12-17-8-4-3-5-9-17)14-15-20-19(21(25)16-22(20)26)10-6-1-2-7-11-23(27)28;5-3-1-2-4-9-6(7)8/h4,6-9,12-13,23-27,29-31H,2-3,5,10-11,14-21H2,1H3;1,3-6,10-11,22-26,29-31H,2,7-9,12-20H2;1,3-6,8-9,18-22,24-26H,2,7,10-16H2,(H,27,28);1-4H2/b9-4-;2*6-1-;/t23-,24+,25+,26-,27+;22-,23+,24+,25-,26+;18-,19+,20+,21-,22+;/m000./s1. The number of carboxylic acids is 1. The summed E-state index contributed by atoms with van der Waals surface area (Å²) in [6, 6.07) is 30.3. The maximum atomic E-state index is 11.7. The number of aryl methyl sites for hydroxylation is 3. The Labute approximate surface area is 637 Å². The van der Waals surface area contributed by atoms with E-state index in [1.165, 1.54) is 16.7 Å². The van der Waals surface area contributed by atoms with Crippen LogP contribution in [0, 0.1) is 55.7 Å². The molecule has 0 spiro atoms. The molecule has 0 saturated heterocycles. The Hall–Kier alpha value is -6.19. The average Bonchev–Trinajstić information content (AvgIpc) is 1.71. The zero-order valence-corrected chi connectivity index (χ0v) is 64.2. The van der Waals surface area contributed by atoms with Gasteiger partial charge in [-0.15, -0.1) is 20.2 Å². The van der Waals surface area contributed by atoms with E-state index in [9.17, 15) is 80.6 Å². The molecule has 3 aliphatic carbocycles. The van der Waals surface area contributed by atoms with Gasteiger partial charge in [-0.05, 0) is 238 Å². The van der Waals surface area contributed by atoms with Crippen molar-refractivity contribution in [2.45, 2.75) is 280 Å². The van der Waals surface area contributed by atoms with Crippen LogP contribution < -0.4 is 0 Å². The van der Waals surface area contributed by atoms with Gasteiger partial charge in [-0.2, -0.15) is 0 Å². The van der Waals surface area contributed by atoms with Crippen molar-refractivity contribution in [2.75, 3.05) is 31.8 Å². The Kier molecular flexibility index (Phi) is 52.1. The summed E-state index contributed by atoms with van der Waals surface area (Å²) in [6.07, 6.45) is 30.3. The van der Waals surface area contributed by atoms with Crippen LogP contribution in [-0.4, -0.2) is 166 Å². The molecule has 24 heteroatoms. The number of halogens is 1. The van der Waals surface area contributed by atoms with Gasteiger partial charge in [0.05, 0.1) is 81.4 Å². The van der Waals surface area contributed by atoms with Crippen LogP contribution in [0.1, 0.15) is 223 Å². The molecule has 106 heavy (non-hydrogen) atoms. The third kappa shape index (κ3) is 44.3. The monoisotopic (exact) mass is 1550 g/mol. The molecule has 23 nitrogen and oxygen atoms in total. The lowest BCUT2D eigenvalue weighted by molar-refractivity contribution is -0.757. The number of carbonyl (C=O) groups excluding carboxylic acids is 2. The number of benzene rings is 3. The average molecular weight is 1560 g/mol. The second kappa shape index (κ2) is 58.8. The molecule has 15 atom stereocenters. The summed E-state index contributed by atoms with van der Waals surface area (Å²) in [4.78, 5) is 61.7. The maximum absolute atomic E-state index is 11.7. The molecule has 3 aliphatic rings. The highest BCUT2D eigenvalue weighted by Crippen LogP contribution is 2.41. The number of hydrogen-bond donors (Lipinski definition) is 10. The molecule has 0 heterocycles. The van der Waals surface area contributed by atoms with Crippen LogP contribution in [0.2, 0.25) is 0 Å². The van der Waals surface area contributed by atoms with Crippen LogP contribution in [-0.2, 0) is 52.8 Å². The molecule has 0 amide bonds. The number of alkyl halides is 1. The highest BCUT2D eigenvalue weighted by atomic mass is 79.9. The van der Waals surface area contributed by atoms with E-state index in [1.807, 2.05) is 78.9 Å². The van der Waals surface area contributed by atoms with Crippen molar-refractivity contribution in [2.24, 2.45) is 35.5 Å². The number of aliphatic carboxylic acids is 1. The van der Waals surface area contributed by atoms with Crippen molar-refractivity contribution in [3.05, 3.63) is 164 Å². The smallest absolute Gasteiger partial charge is 0.305 e. The fourth-order valence-corrected chi connectivity index (χ4v) is 14.4. The fourth-order valence-electron chi connectivity index (χ4n) is 14.0. The number of nitrogens with zero attached hydrogens (tertiary/aromatic N) is 2. The van der Waals surface area contributed by atoms with Crippen molar-refractivity contribution in [3.63, 3.8) is 0 Å². The van der Waals surface area contributed by atoms with Crippen LogP contribution >= 0.6 is 15.9 Å². The number of carbonyl (C=O) groups is 3. The third-order valence-corrected chi connectivity index (χ3v) is 20.7. The first-order valence-electron chi connectivity index (χ1n) is 38.9. The summed E-state index contributed by atoms with van der Waals surface area (Å²) < 4.78 is 10.3. The Bertz CT molecular complexity index is 2840. The van der Waals surface area contributed by atoms with Crippen molar-refractivity contribution in [3.8, 4) is 0 Å². The van der Waals surface area contributed by atoms with Gasteiger partial charge in [-0.3, -0.25) is 14.4 Å². The molecule has 598 valence electrons. The molecular formula is C82H127BrN2O21. The minimum atomic E-state index is -0.839. The normalized spacial score (nSPS) is 22.7. The first kappa shape index (κ1) is 94.0. The molecule has 3 fully saturated rings. The number of aliphatic hydroxyl groups excluding tert-OH is 9. The number of hydrogen-bond acceptors (Lipinski definition) is 20. The summed E-state index contributed by atoms with van der Waals surface area (Å²) in [7, 11) is 0. The van der Waals surface area contributed by atoms with Gasteiger partial charge in [0.2, 0.25) is 0 Å². The number of ether oxygens (including phenoxy) is 2. The first-order valence-corrected chi connectivity index (χ1v) is 40.1. The predicted molar refractivity (Wildman–Crippen MR) is 411 cm³/mol. The molecular weight excluding hydrogens is 1430 g/mol. The second-order valence-electron chi connectivity index (χ2n) is 28.4. The maximum Gasteiger partial charge on any atom is 0.305 e. The van der Waals surface area contributed by atoms with Gasteiger partial charge in [0, 0.05) is 24.6 Å². The van der Waals surface area contributed by atoms with Gasteiger partial charge in [0.25, 0.3) is 10.2 Å². The van der Waals surface area contributed by atoms with Gasteiger partial charge < -0.3 is 70.2 Å². The van der Waals surface area contributed by atoms with Crippen molar-refractivity contribution in [1.29, 1.82) is 0 Å².